The molecular weight excluding hydrogens is 411 g/mol. The molecule has 134 valence electrons. The quantitative estimate of drug-likeness (QED) is 0.734. The molecule has 0 saturated heterocycles. The molecule has 2 aromatic rings. The standard InChI is InChI=1S/C17H18BrFN2O3S/c1-20(2)25(23,24)16-10-13(6-9-15(16)18)17(22)21(3)11-12-4-7-14(19)8-5-12/h4-10H,11H2,1-3H3. The number of halogens is 2. The fraction of sp³-hybridized carbons (Fsp3) is 0.235. The van der Waals surface area contributed by atoms with Gasteiger partial charge < -0.3 is 4.90 Å². The Morgan fingerprint density at radius 3 is 2.24 bits per heavy atom. The van der Waals surface area contributed by atoms with E-state index >= 15 is 0 Å². The second-order valence-electron chi connectivity index (χ2n) is 5.72. The van der Waals surface area contributed by atoms with Crippen LogP contribution in [0.3, 0.4) is 0 Å². The highest BCUT2D eigenvalue weighted by atomic mass is 79.9. The van der Waals surface area contributed by atoms with Gasteiger partial charge in [0.2, 0.25) is 10.0 Å². The average molecular weight is 429 g/mol. The molecule has 0 radical (unpaired) electrons. The summed E-state index contributed by atoms with van der Waals surface area (Å²) in [5.74, 6) is -0.670. The van der Waals surface area contributed by atoms with E-state index in [2.05, 4.69) is 15.9 Å². The molecule has 0 saturated carbocycles. The van der Waals surface area contributed by atoms with Crippen molar-refractivity contribution in [3.63, 3.8) is 0 Å². The zero-order valence-electron chi connectivity index (χ0n) is 14.0. The lowest BCUT2D eigenvalue weighted by atomic mass is 10.1. The van der Waals surface area contributed by atoms with Crippen LogP contribution in [0.1, 0.15) is 15.9 Å². The summed E-state index contributed by atoms with van der Waals surface area (Å²) in [7, 11) is 0.781. The van der Waals surface area contributed by atoms with Gasteiger partial charge in [0.25, 0.3) is 5.91 Å². The predicted molar refractivity (Wildman–Crippen MR) is 97.2 cm³/mol. The van der Waals surface area contributed by atoms with Gasteiger partial charge in [-0.2, -0.15) is 0 Å². The molecule has 0 spiro atoms. The molecule has 5 nitrogen and oxygen atoms in total. The first-order chi connectivity index (χ1) is 11.6. The van der Waals surface area contributed by atoms with Gasteiger partial charge in [-0.15, -0.1) is 0 Å². The van der Waals surface area contributed by atoms with Gasteiger partial charge in [-0.1, -0.05) is 12.1 Å². The first-order valence-corrected chi connectivity index (χ1v) is 9.58. The number of carbonyl (C=O) groups excluding carboxylic acids is 1. The lowest BCUT2D eigenvalue weighted by Crippen LogP contribution is -2.27. The zero-order valence-corrected chi connectivity index (χ0v) is 16.4. The summed E-state index contributed by atoms with van der Waals surface area (Å²) in [6, 6.07) is 10.3. The predicted octanol–water partition coefficient (Wildman–Crippen LogP) is 3.11. The lowest BCUT2D eigenvalue weighted by molar-refractivity contribution is 0.0785. The molecule has 8 heteroatoms. The second kappa shape index (κ2) is 7.63. The van der Waals surface area contributed by atoms with E-state index < -0.39 is 10.0 Å². The number of amides is 1. The Hall–Kier alpha value is -1.77. The normalized spacial score (nSPS) is 11.6. The SMILES string of the molecule is CN(Cc1ccc(F)cc1)C(=O)c1ccc(Br)c(S(=O)(=O)N(C)C)c1. The van der Waals surface area contributed by atoms with Gasteiger partial charge in [0.15, 0.2) is 0 Å². The molecule has 0 bridgehead atoms. The monoisotopic (exact) mass is 428 g/mol. The molecule has 0 aromatic heterocycles. The largest absolute Gasteiger partial charge is 0.337 e. The fourth-order valence-corrected chi connectivity index (χ4v) is 4.03. The van der Waals surface area contributed by atoms with Gasteiger partial charge >= 0.3 is 0 Å². The van der Waals surface area contributed by atoms with Crippen molar-refractivity contribution in [1.29, 1.82) is 0 Å². The second-order valence-corrected chi connectivity index (χ2v) is 8.69. The van der Waals surface area contributed by atoms with E-state index in [0.29, 0.717) is 4.47 Å². The van der Waals surface area contributed by atoms with Crippen LogP contribution in [0.4, 0.5) is 4.39 Å². The van der Waals surface area contributed by atoms with Crippen molar-refractivity contribution >= 4 is 31.9 Å². The molecule has 0 fully saturated rings. The molecule has 0 unspecified atom stereocenters. The van der Waals surface area contributed by atoms with Crippen molar-refractivity contribution in [3.05, 3.63) is 63.9 Å². The van der Waals surface area contributed by atoms with Gasteiger partial charge in [-0.25, -0.2) is 17.1 Å². The van der Waals surface area contributed by atoms with Crippen molar-refractivity contribution in [2.45, 2.75) is 11.4 Å². The third-order valence-electron chi connectivity index (χ3n) is 3.62. The van der Waals surface area contributed by atoms with Gasteiger partial charge in [-0.3, -0.25) is 4.79 Å². The van der Waals surface area contributed by atoms with Gasteiger partial charge in [-0.05, 0) is 51.8 Å². The van der Waals surface area contributed by atoms with Crippen molar-refractivity contribution in [2.75, 3.05) is 21.1 Å². The van der Waals surface area contributed by atoms with Crippen LogP contribution in [-0.4, -0.2) is 44.7 Å². The number of rotatable bonds is 5. The van der Waals surface area contributed by atoms with E-state index in [0.717, 1.165) is 9.87 Å². The summed E-state index contributed by atoms with van der Waals surface area (Å²) < 4.78 is 39.1. The van der Waals surface area contributed by atoms with Crippen LogP contribution in [0.2, 0.25) is 0 Å². The minimum Gasteiger partial charge on any atom is -0.337 e. The highest BCUT2D eigenvalue weighted by molar-refractivity contribution is 9.10. The van der Waals surface area contributed by atoms with Crippen LogP contribution in [0, 0.1) is 5.82 Å². The Bertz CT molecular complexity index is 883. The molecular formula is C17H18BrFN2O3S. The van der Waals surface area contributed by atoms with Crippen LogP contribution < -0.4 is 0 Å². The molecule has 0 aliphatic heterocycles. The number of hydrogen-bond donors (Lipinski definition) is 0. The van der Waals surface area contributed by atoms with E-state index in [-0.39, 0.29) is 28.7 Å². The lowest BCUT2D eigenvalue weighted by Gasteiger charge is -2.19. The molecule has 0 heterocycles. The minimum atomic E-state index is -3.68. The Morgan fingerprint density at radius 2 is 1.68 bits per heavy atom. The first kappa shape index (κ1) is 19.6. The Balaban J connectivity index is 2.28. The number of sulfonamides is 1. The first-order valence-electron chi connectivity index (χ1n) is 7.35. The van der Waals surface area contributed by atoms with Crippen molar-refractivity contribution in [3.8, 4) is 0 Å². The van der Waals surface area contributed by atoms with E-state index in [1.54, 1.807) is 25.2 Å². The van der Waals surface area contributed by atoms with Gasteiger partial charge in [0, 0.05) is 37.7 Å². The average Bonchev–Trinajstić information content (AvgIpc) is 2.56. The summed E-state index contributed by atoms with van der Waals surface area (Å²) in [5, 5.41) is 0. The summed E-state index contributed by atoms with van der Waals surface area (Å²) in [5.41, 5.74) is 1.03. The molecule has 25 heavy (non-hydrogen) atoms. The Morgan fingerprint density at radius 1 is 1.08 bits per heavy atom. The van der Waals surface area contributed by atoms with Crippen molar-refractivity contribution < 1.29 is 17.6 Å². The van der Waals surface area contributed by atoms with E-state index in [1.807, 2.05) is 0 Å². The molecule has 0 atom stereocenters. The maximum atomic E-state index is 13.0. The maximum Gasteiger partial charge on any atom is 0.253 e. The number of carbonyl (C=O) groups is 1. The Labute approximate surface area is 155 Å². The zero-order chi connectivity index (χ0) is 18.8. The van der Waals surface area contributed by atoms with Crippen molar-refractivity contribution in [1.82, 2.24) is 9.21 Å². The van der Waals surface area contributed by atoms with E-state index in [9.17, 15) is 17.6 Å². The summed E-state index contributed by atoms with van der Waals surface area (Å²) in [6.45, 7) is 0.283. The highest BCUT2D eigenvalue weighted by Crippen LogP contribution is 2.26. The van der Waals surface area contributed by atoms with E-state index in [1.165, 1.54) is 43.3 Å². The number of nitrogens with zero attached hydrogens (tertiary/aromatic N) is 2. The van der Waals surface area contributed by atoms with Gasteiger partial charge in [0.05, 0.1) is 4.90 Å². The molecule has 2 aromatic carbocycles. The minimum absolute atomic E-state index is 0.0264. The van der Waals surface area contributed by atoms with Crippen LogP contribution >= 0.6 is 15.9 Å². The van der Waals surface area contributed by atoms with Crippen molar-refractivity contribution in [2.24, 2.45) is 0 Å². The molecule has 2 rings (SSSR count). The molecule has 0 aliphatic carbocycles. The molecule has 0 N–H and O–H groups in total. The number of benzene rings is 2. The number of hydrogen-bond acceptors (Lipinski definition) is 3. The smallest absolute Gasteiger partial charge is 0.253 e. The topological polar surface area (TPSA) is 57.7 Å². The third kappa shape index (κ3) is 4.45. The van der Waals surface area contributed by atoms with Crippen LogP contribution in [0.25, 0.3) is 0 Å². The molecule has 0 aliphatic rings. The summed E-state index contributed by atoms with van der Waals surface area (Å²) >= 11 is 3.22. The third-order valence-corrected chi connectivity index (χ3v) is 6.43. The van der Waals surface area contributed by atoms with Gasteiger partial charge in [0.1, 0.15) is 5.82 Å². The highest BCUT2D eigenvalue weighted by Gasteiger charge is 2.23. The van der Waals surface area contributed by atoms with E-state index in [4.69, 9.17) is 0 Å². The Kier molecular flexibility index (Phi) is 5.97. The molecule has 1 amide bonds. The summed E-state index contributed by atoms with van der Waals surface area (Å²) in [4.78, 5) is 14.1. The maximum absolute atomic E-state index is 13.0. The van der Waals surface area contributed by atoms with Crippen LogP contribution in [0.15, 0.2) is 51.8 Å². The summed E-state index contributed by atoms with van der Waals surface area (Å²) in [6.07, 6.45) is 0. The van der Waals surface area contributed by atoms with Crippen LogP contribution in [0.5, 0.6) is 0 Å². The van der Waals surface area contributed by atoms with Crippen LogP contribution in [-0.2, 0) is 16.6 Å². The fourth-order valence-electron chi connectivity index (χ4n) is 2.19.